The molecule has 2 aromatic carbocycles. The van der Waals surface area contributed by atoms with E-state index in [4.69, 9.17) is 14.3 Å². The molecule has 23 heavy (non-hydrogen) atoms. The summed E-state index contributed by atoms with van der Waals surface area (Å²) in [6.45, 7) is 0. The van der Waals surface area contributed by atoms with Crippen LogP contribution in [0.5, 0.6) is 5.75 Å². The molecule has 1 atom stereocenters. The maximum Gasteiger partial charge on any atom is 0.337 e. The Balaban J connectivity index is 1.90. The lowest BCUT2D eigenvalue weighted by molar-refractivity contribution is 0.0600. The van der Waals surface area contributed by atoms with Gasteiger partial charge in [-0.05, 0) is 29.8 Å². The Kier molecular flexibility index (Phi) is 4.28. The van der Waals surface area contributed by atoms with Gasteiger partial charge in [0, 0.05) is 12.0 Å². The van der Waals surface area contributed by atoms with E-state index in [1.54, 1.807) is 12.1 Å². The Morgan fingerprint density at radius 3 is 2.57 bits per heavy atom. The molecule has 1 aliphatic heterocycles. The van der Waals surface area contributed by atoms with Crippen molar-refractivity contribution < 1.29 is 19.1 Å². The molecule has 1 aliphatic rings. The van der Waals surface area contributed by atoms with Gasteiger partial charge >= 0.3 is 5.97 Å². The molecule has 0 radical (unpaired) electrons. The maximum absolute atomic E-state index is 11.5. The van der Waals surface area contributed by atoms with Crippen LogP contribution in [0.15, 0.2) is 53.7 Å². The third-order valence-electron chi connectivity index (χ3n) is 3.75. The zero-order valence-electron chi connectivity index (χ0n) is 13.0. The van der Waals surface area contributed by atoms with E-state index < -0.39 is 0 Å². The van der Waals surface area contributed by atoms with Crippen LogP contribution in [0, 0.1) is 0 Å². The smallest absolute Gasteiger partial charge is 0.337 e. The van der Waals surface area contributed by atoms with E-state index in [1.807, 2.05) is 36.4 Å². The fourth-order valence-electron chi connectivity index (χ4n) is 2.62. The van der Waals surface area contributed by atoms with E-state index in [0.29, 0.717) is 12.0 Å². The van der Waals surface area contributed by atoms with Gasteiger partial charge in [-0.25, -0.2) is 4.79 Å². The van der Waals surface area contributed by atoms with Crippen molar-refractivity contribution in [2.24, 2.45) is 5.16 Å². The van der Waals surface area contributed by atoms with Crippen molar-refractivity contribution in [2.45, 2.75) is 12.5 Å². The summed E-state index contributed by atoms with van der Waals surface area (Å²) in [5.74, 6) is 0.421. The second-order valence-corrected chi connectivity index (χ2v) is 5.14. The molecule has 0 spiro atoms. The summed E-state index contributed by atoms with van der Waals surface area (Å²) in [7, 11) is 2.90. The number of oxime groups is 1. The fourth-order valence-corrected chi connectivity index (χ4v) is 2.62. The van der Waals surface area contributed by atoms with Gasteiger partial charge in [0.05, 0.1) is 18.4 Å². The molecular weight excluding hydrogens is 294 g/mol. The lowest BCUT2D eigenvalue weighted by atomic mass is 9.95. The highest BCUT2D eigenvalue weighted by Crippen LogP contribution is 2.35. The molecule has 1 heterocycles. The van der Waals surface area contributed by atoms with Crippen molar-refractivity contribution in [1.29, 1.82) is 0 Å². The third kappa shape index (κ3) is 3.04. The van der Waals surface area contributed by atoms with Gasteiger partial charge in [0.25, 0.3) is 0 Å². The van der Waals surface area contributed by atoms with E-state index in [9.17, 15) is 4.79 Å². The number of ether oxygens (including phenoxy) is 2. The molecule has 5 heteroatoms. The minimum Gasteiger partial charge on any atom is -0.485 e. The van der Waals surface area contributed by atoms with Gasteiger partial charge in [-0.15, -0.1) is 0 Å². The normalized spacial score (nSPS) is 18.0. The predicted octanol–water partition coefficient (Wildman–Crippen LogP) is 3.35. The number of esters is 1. The number of carbonyl (C=O) groups excluding carboxylic acids is 1. The van der Waals surface area contributed by atoms with E-state index >= 15 is 0 Å². The predicted molar refractivity (Wildman–Crippen MR) is 85.8 cm³/mol. The SMILES string of the molecule is CON=C1C[C@H](c2ccc(C(=O)OC)cc2)Oc2ccccc21. The van der Waals surface area contributed by atoms with Gasteiger partial charge in [0.1, 0.15) is 19.0 Å². The van der Waals surface area contributed by atoms with Crippen molar-refractivity contribution >= 4 is 11.7 Å². The average molecular weight is 311 g/mol. The molecule has 0 saturated carbocycles. The number of hydrogen-bond donors (Lipinski definition) is 0. The number of rotatable bonds is 3. The largest absolute Gasteiger partial charge is 0.485 e. The third-order valence-corrected chi connectivity index (χ3v) is 3.75. The molecule has 0 aliphatic carbocycles. The fraction of sp³-hybridized carbons (Fsp3) is 0.222. The van der Waals surface area contributed by atoms with E-state index in [1.165, 1.54) is 14.2 Å². The van der Waals surface area contributed by atoms with Gasteiger partial charge in [-0.1, -0.05) is 29.4 Å². The summed E-state index contributed by atoms with van der Waals surface area (Å²) in [4.78, 5) is 16.5. The summed E-state index contributed by atoms with van der Waals surface area (Å²) >= 11 is 0. The first-order valence-electron chi connectivity index (χ1n) is 7.27. The minimum absolute atomic E-state index is 0.175. The molecule has 2 aromatic rings. The van der Waals surface area contributed by atoms with Crippen LogP contribution in [0.4, 0.5) is 0 Å². The molecule has 5 nitrogen and oxygen atoms in total. The Morgan fingerprint density at radius 1 is 1.13 bits per heavy atom. The highest BCUT2D eigenvalue weighted by atomic mass is 16.6. The summed E-state index contributed by atoms with van der Waals surface area (Å²) < 4.78 is 10.8. The van der Waals surface area contributed by atoms with Crippen LogP contribution in [0.3, 0.4) is 0 Å². The molecule has 0 bridgehead atoms. The minimum atomic E-state index is -0.354. The molecular formula is C18H17NO4. The number of methoxy groups -OCH3 is 1. The van der Waals surface area contributed by atoms with E-state index in [2.05, 4.69) is 5.16 Å². The topological polar surface area (TPSA) is 57.1 Å². The van der Waals surface area contributed by atoms with Crippen LogP contribution in [-0.2, 0) is 9.57 Å². The second kappa shape index (κ2) is 6.52. The molecule has 0 saturated heterocycles. The van der Waals surface area contributed by atoms with E-state index in [-0.39, 0.29) is 12.1 Å². The van der Waals surface area contributed by atoms with Crippen LogP contribution in [0.1, 0.15) is 34.0 Å². The van der Waals surface area contributed by atoms with Crippen molar-refractivity contribution in [3.05, 3.63) is 65.2 Å². The van der Waals surface area contributed by atoms with Crippen LogP contribution < -0.4 is 4.74 Å². The van der Waals surface area contributed by atoms with Crippen molar-refractivity contribution in [3.8, 4) is 5.75 Å². The maximum atomic E-state index is 11.5. The van der Waals surface area contributed by atoms with Gasteiger partial charge in [-0.2, -0.15) is 0 Å². The molecule has 118 valence electrons. The lowest BCUT2D eigenvalue weighted by Gasteiger charge is -2.27. The summed E-state index contributed by atoms with van der Waals surface area (Å²) in [6.07, 6.45) is 0.424. The van der Waals surface area contributed by atoms with Gasteiger partial charge in [0.2, 0.25) is 0 Å². The van der Waals surface area contributed by atoms with Crippen LogP contribution in [0.25, 0.3) is 0 Å². The first kappa shape index (κ1) is 15.1. The summed E-state index contributed by atoms with van der Waals surface area (Å²) in [5.41, 5.74) is 3.27. The number of nitrogens with zero attached hydrogens (tertiary/aromatic N) is 1. The Morgan fingerprint density at radius 2 is 1.87 bits per heavy atom. The van der Waals surface area contributed by atoms with Gasteiger partial charge in [0.15, 0.2) is 0 Å². The zero-order chi connectivity index (χ0) is 16.2. The Hall–Kier alpha value is -2.82. The molecule has 0 fully saturated rings. The standard InChI is InChI=1S/C18H17NO4/c1-21-18(20)13-9-7-12(8-10-13)17-11-15(19-22-2)14-5-3-4-6-16(14)23-17/h3-10,17H,11H2,1-2H3/t17-/m1/s1. The monoisotopic (exact) mass is 311 g/mol. The molecule has 0 aromatic heterocycles. The van der Waals surface area contributed by atoms with Gasteiger partial charge < -0.3 is 14.3 Å². The molecule has 0 amide bonds. The average Bonchev–Trinajstić information content (AvgIpc) is 2.61. The first-order chi connectivity index (χ1) is 11.2. The molecule has 0 unspecified atom stereocenters. The van der Waals surface area contributed by atoms with E-state index in [0.717, 1.165) is 22.6 Å². The Labute approximate surface area is 134 Å². The number of fused-ring (bicyclic) bond motifs is 1. The highest BCUT2D eigenvalue weighted by Gasteiger charge is 2.26. The molecule has 0 N–H and O–H groups in total. The molecule has 3 rings (SSSR count). The van der Waals surface area contributed by atoms with Crippen LogP contribution >= 0.6 is 0 Å². The first-order valence-corrected chi connectivity index (χ1v) is 7.27. The number of para-hydroxylation sites is 1. The van der Waals surface area contributed by atoms with Gasteiger partial charge in [-0.3, -0.25) is 0 Å². The van der Waals surface area contributed by atoms with Crippen molar-refractivity contribution in [2.75, 3.05) is 14.2 Å². The number of carbonyl (C=O) groups is 1. The van der Waals surface area contributed by atoms with Crippen LogP contribution in [0.2, 0.25) is 0 Å². The number of hydrogen-bond acceptors (Lipinski definition) is 5. The summed E-state index contributed by atoms with van der Waals surface area (Å²) in [6, 6.07) is 14.9. The number of benzene rings is 2. The summed E-state index contributed by atoms with van der Waals surface area (Å²) in [5, 5.41) is 4.12. The van der Waals surface area contributed by atoms with Crippen molar-refractivity contribution in [3.63, 3.8) is 0 Å². The van der Waals surface area contributed by atoms with Crippen LogP contribution in [-0.4, -0.2) is 25.9 Å². The second-order valence-electron chi connectivity index (χ2n) is 5.14. The van der Waals surface area contributed by atoms with Crippen molar-refractivity contribution in [1.82, 2.24) is 0 Å². The quantitative estimate of drug-likeness (QED) is 0.644. The lowest BCUT2D eigenvalue weighted by Crippen LogP contribution is -2.21. The zero-order valence-corrected chi connectivity index (χ0v) is 13.0. The highest BCUT2D eigenvalue weighted by molar-refractivity contribution is 6.03. The Bertz CT molecular complexity index is 737.